The van der Waals surface area contributed by atoms with Crippen LogP contribution in [-0.4, -0.2) is 38.7 Å². The molecule has 9 heteroatoms. The molecule has 0 aliphatic heterocycles. The minimum Gasteiger partial charge on any atom is -0.458 e. The number of carbonyl (C=O) groups excluding carboxylic acids is 2. The predicted octanol–water partition coefficient (Wildman–Crippen LogP) is 4.06. The highest BCUT2D eigenvalue weighted by atomic mass is 16.6. The smallest absolute Gasteiger partial charge is 0.329 e. The lowest BCUT2D eigenvalue weighted by molar-refractivity contribution is -0.157. The van der Waals surface area contributed by atoms with Gasteiger partial charge in [-0.2, -0.15) is 5.48 Å². The lowest BCUT2D eigenvalue weighted by Crippen LogP contribution is -2.45. The molecule has 1 amide bonds. The second kappa shape index (κ2) is 11.8. The van der Waals surface area contributed by atoms with Gasteiger partial charge in [-0.05, 0) is 49.4 Å². The fourth-order valence-electron chi connectivity index (χ4n) is 3.68. The molecule has 3 rings (SSSR count). The van der Waals surface area contributed by atoms with Crippen molar-refractivity contribution in [3.05, 3.63) is 83.2 Å². The first kappa shape index (κ1) is 28.9. The summed E-state index contributed by atoms with van der Waals surface area (Å²) in [4.78, 5) is 34.7. The number of hydrogen-bond donors (Lipinski definition) is 4. The van der Waals surface area contributed by atoms with Crippen LogP contribution in [0.25, 0.3) is 11.4 Å². The number of amides is 1. The standard InChI is InChI=1S/C29H37N5O4/c1-28(2,3)22-13-11-20(12-14-22)26(35)33-23(27(36)38-29(4,5)6)15-18-7-9-19(10-8-18)25-31-16-21(17-32-25)24(30)34-37/h7-14,16-17,23-24,34,37H,15,30H2,1-6H3,(H,33,35)/t23-,24?/m0/s1. The van der Waals surface area contributed by atoms with Crippen LogP contribution in [0.2, 0.25) is 0 Å². The Hall–Kier alpha value is -3.66. The van der Waals surface area contributed by atoms with E-state index < -0.39 is 23.8 Å². The Morgan fingerprint density at radius 1 is 0.947 bits per heavy atom. The molecule has 38 heavy (non-hydrogen) atoms. The summed E-state index contributed by atoms with van der Waals surface area (Å²) < 4.78 is 5.60. The molecule has 0 aliphatic rings. The summed E-state index contributed by atoms with van der Waals surface area (Å²) >= 11 is 0. The number of nitrogens with one attached hydrogen (secondary N) is 2. The molecule has 0 saturated carbocycles. The van der Waals surface area contributed by atoms with Crippen molar-refractivity contribution >= 4 is 11.9 Å². The minimum absolute atomic E-state index is 0.0310. The van der Waals surface area contributed by atoms with Gasteiger partial charge >= 0.3 is 5.97 Å². The zero-order valence-electron chi connectivity index (χ0n) is 22.8. The lowest BCUT2D eigenvalue weighted by atomic mass is 9.86. The molecular weight excluding hydrogens is 482 g/mol. The van der Waals surface area contributed by atoms with E-state index in [0.29, 0.717) is 17.0 Å². The van der Waals surface area contributed by atoms with Gasteiger partial charge in [0.25, 0.3) is 5.91 Å². The number of carbonyl (C=O) groups is 2. The Labute approximate surface area is 223 Å². The van der Waals surface area contributed by atoms with E-state index in [1.54, 1.807) is 32.9 Å². The average molecular weight is 520 g/mol. The first-order valence-corrected chi connectivity index (χ1v) is 12.5. The van der Waals surface area contributed by atoms with Gasteiger partial charge < -0.3 is 21.0 Å². The van der Waals surface area contributed by atoms with E-state index in [9.17, 15) is 9.59 Å². The monoisotopic (exact) mass is 519 g/mol. The minimum atomic E-state index is -0.877. The van der Waals surface area contributed by atoms with Crippen molar-refractivity contribution in [1.82, 2.24) is 20.8 Å². The Bertz CT molecular complexity index is 1230. The molecule has 202 valence electrons. The van der Waals surface area contributed by atoms with Crippen LogP contribution in [-0.2, 0) is 21.4 Å². The third-order valence-corrected chi connectivity index (χ3v) is 5.83. The largest absolute Gasteiger partial charge is 0.458 e. The Balaban J connectivity index is 1.77. The zero-order valence-corrected chi connectivity index (χ0v) is 22.8. The van der Waals surface area contributed by atoms with Crippen molar-refractivity contribution in [2.45, 2.75) is 71.2 Å². The van der Waals surface area contributed by atoms with Crippen LogP contribution in [0.3, 0.4) is 0 Å². The van der Waals surface area contributed by atoms with E-state index in [0.717, 1.165) is 16.7 Å². The van der Waals surface area contributed by atoms with Gasteiger partial charge in [0.05, 0.1) is 0 Å². The molecule has 0 aliphatic carbocycles. The number of rotatable bonds is 8. The number of esters is 1. The molecule has 2 atom stereocenters. The van der Waals surface area contributed by atoms with Crippen LogP contribution in [0.4, 0.5) is 0 Å². The van der Waals surface area contributed by atoms with Crippen LogP contribution in [0.5, 0.6) is 0 Å². The maximum Gasteiger partial charge on any atom is 0.329 e. The number of nitrogens with zero attached hydrogens (tertiary/aromatic N) is 2. The molecular formula is C29H37N5O4. The Morgan fingerprint density at radius 3 is 2.03 bits per heavy atom. The normalized spacial score (nSPS) is 13.5. The number of hydroxylamine groups is 1. The van der Waals surface area contributed by atoms with Crippen LogP contribution in [0, 0.1) is 0 Å². The molecule has 0 spiro atoms. The second-order valence-electron chi connectivity index (χ2n) is 11.2. The molecule has 1 aromatic heterocycles. The number of hydrogen-bond acceptors (Lipinski definition) is 8. The molecule has 1 unspecified atom stereocenters. The number of nitrogens with two attached hydrogens (primary N) is 1. The first-order valence-electron chi connectivity index (χ1n) is 12.5. The summed E-state index contributed by atoms with van der Waals surface area (Å²) in [6.45, 7) is 11.7. The van der Waals surface area contributed by atoms with Gasteiger partial charge in [0, 0.05) is 35.5 Å². The van der Waals surface area contributed by atoms with Gasteiger partial charge in [0.15, 0.2) is 5.82 Å². The molecule has 0 bridgehead atoms. The van der Waals surface area contributed by atoms with E-state index in [4.69, 9.17) is 15.7 Å². The second-order valence-corrected chi connectivity index (χ2v) is 11.2. The summed E-state index contributed by atoms with van der Waals surface area (Å²) in [7, 11) is 0. The van der Waals surface area contributed by atoms with Crippen molar-refractivity contribution in [1.29, 1.82) is 0 Å². The summed E-state index contributed by atoms with van der Waals surface area (Å²) in [5.41, 5.74) is 10.6. The van der Waals surface area contributed by atoms with Gasteiger partial charge in [-0.1, -0.05) is 57.2 Å². The number of ether oxygens (including phenoxy) is 1. The van der Waals surface area contributed by atoms with Crippen LogP contribution in [0.15, 0.2) is 60.9 Å². The molecule has 1 heterocycles. The van der Waals surface area contributed by atoms with E-state index >= 15 is 0 Å². The van der Waals surface area contributed by atoms with Gasteiger partial charge in [-0.15, -0.1) is 0 Å². The zero-order chi connectivity index (χ0) is 28.1. The molecule has 0 saturated heterocycles. The molecule has 0 radical (unpaired) electrons. The van der Waals surface area contributed by atoms with Gasteiger partial charge in [-0.3, -0.25) is 4.79 Å². The molecule has 3 aromatic rings. The Morgan fingerprint density at radius 2 is 1.53 bits per heavy atom. The third-order valence-electron chi connectivity index (χ3n) is 5.83. The van der Waals surface area contributed by atoms with Crippen molar-refractivity contribution in [3.8, 4) is 11.4 Å². The van der Waals surface area contributed by atoms with E-state index in [1.807, 2.05) is 41.9 Å². The molecule has 5 N–H and O–H groups in total. The summed E-state index contributed by atoms with van der Waals surface area (Å²) in [5.74, 6) is -0.364. The predicted molar refractivity (Wildman–Crippen MR) is 145 cm³/mol. The highest BCUT2D eigenvalue weighted by molar-refractivity contribution is 5.97. The van der Waals surface area contributed by atoms with Crippen LogP contribution < -0.4 is 16.5 Å². The van der Waals surface area contributed by atoms with Crippen molar-refractivity contribution in [2.75, 3.05) is 0 Å². The SMILES string of the molecule is CC(C)(C)OC(=O)[C@H](Cc1ccc(-c2ncc(C(N)NO)cn2)cc1)NC(=O)c1ccc(C(C)(C)C)cc1. The molecule has 2 aromatic carbocycles. The highest BCUT2D eigenvalue weighted by Crippen LogP contribution is 2.23. The molecule has 9 nitrogen and oxygen atoms in total. The summed E-state index contributed by atoms with van der Waals surface area (Å²) in [6.07, 6.45) is 2.54. The van der Waals surface area contributed by atoms with Crippen molar-refractivity contribution < 1.29 is 19.5 Å². The highest BCUT2D eigenvalue weighted by Gasteiger charge is 2.27. The van der Waals surface area contributed by atoms with E-state index in [2.05, 4.69) is 36.1 Å². The quantitative estimate of drug-likeness (QED) is 0.198. The summed E-state index contributed by atoms with van der Waals surface area (Å²) in [5, 5.41) is 11.8. The molecule has 0 fully saturated rings. The van der Waals surface area contributed by atoms with Gasteiger partial charge in [0.2, 0.25) is 0 Å². The maximum atomic E-state index is 13.0. The van der Waals surface area contributed by atoms with E-state index in [1.165, 1.54) is 12.4 Å². The average Bonchev–Trinajstić information content (AvgIpc) is 2.87. The van der Waals surface area contributed by atoms with Crippen molar-refractivity contribution in [3.63, 3.8) is 0 Å². The summed E-state index contributed by atoms with van der Waals surface area (Å²) in [6, 6.07) is 13.9. The van der Waals surface area contributed by atoms with Crippen LogP contribution >= 0.6 is 0 Å². The number of benzene rings is 2. The van der Waals surface area contributed by atoms with Gasteiger partial charge in [0.1, 0.15) is 17.8 Å². The third kappa shape index (κ3) is 7.92. The fourth-order valence-corrected chi connectivity index (χ4v) is 3.68. The van der Waals surface area contributed by atoms with Gasteiger partial charge in [-0.25, -0.2) is 14.8 Å². The van der Waals surface area contributed by atoms with E-state index in [-0.39, 0.29) is 17.7 Å². The maximum absolute atomic E-state index is 13.0. The number of aromatic nitrogens is 2. The lowest BCUT2D eigenvalue weighted by Gasteiger charge is -2.25. The van der Waals surface area contributed by atoms with Crippen LogP contribution in [0.1, 0.15) is 74.8 Å². The fraction of sp³-hybridized carbons (Fsp3) is 0.379. The first-order chi connectivity index (χ1) is 17.8. The van der Waals surface area contributed by atoms with Crippen molar-refractivity contribution in [2.24, 2.45) is 5.73 Å². The topological polar surface area (TPSA) is 139 Å². The Kier molecular flexibility index (Phi) is 8.98.